The van der Waals surface area contributed by atoms with Gasteiger partial charge in [0.2, 0.25) is 10.0 Å². The van der Waals surface area contributed by atoms with Crippen LogP contribution >= 0.6 is 15.9 Å². The fourth-order valence-corrected chi connectivity index (χ4v) is 4.40. The lowest BCUT2D eigenvalue weighted by Gasteiger charge is -2.21. The van der Waals surface area contributed by atoms with Crippen LogP contribution in [0.25, 0.3) is 0 Å². The highest BCUT2D eigenvalue weighted by Gasteiger charge is 2.28. The van der Waals surface area contributed by atoms with Crippen molar-refractivity contribution in [1.82, 2.24) is 14.5 Å². The van der Waals surface area contributed by atoms with E-state index in [1.807, 2.05) is 20.8 Å². The molecule has 2 rings (SSSR count). The molecule has 0 amide bonds. The van der Waals surface area contributed by atoms with Crippen LogP contribution in [0.3, 0.4) is 0 Å². The number of aryl methyl sites for hydroxylation is 1. The van der Waals surface area contributed by atoms with Crippen LogP contribution in [0.15, 0.2) is 27.6 Å². The normalized spacial score (nSPS) is 12.6. The molecule has 132 valence electrons. The first kappa shape index (κ1) is 19.1. The number of aromatic nitrogens is 2. The first-order valence-electron chi connectivity index (χ1n) is 7.44. The Labute approximate surface area is 150 Å². The van der Waals surface area contributed by atoms with Gasteiger partial charge in [-0.1, -0.05) is 15.9 Å². The maximum absolute atomic E-state index is 13.8. The third-order valence-electron chi connectivity index (χ3n) is 3.59. The van der Waals surface area contributed by atoms with Gasteiger partial charge in [0.1, 0.15) is 10.7 Å². The van der Waals surface area contributed by atoms with Gasteiger partial charge in [-0.25, -0.2) is 17.5 Å². The average molecular weight is 418 g/mol. The van der Waals surface area contributed by atoms with E-state index in [4.69, 9.17) is 0 Å². The fraction of sp³-hybridized carbons (Fsp3) is 0.438. The summed E-state index contributed by atoms with van der Waals surface area (Å²) in [6.07, 6.45) is 0. The molecule has 1 heterocycles. The molecule has 0 bridgehead atoms. The van der Waals surface area contributed by atoms with Gasteiger partial charge in [0.05, 0.1) is 16.9 Å². The molecule has 0 unspecified atom stereocenters. The predicted octanol–water partition coefficient (Wildman–Crippen LogP) is 3.64. The van der Waals surface area contributed by atoms with Gasteiger partial charge in [-0.3, -0.25) is 4.68 Å². The number of hydrogen-bond donors (Lipinski definition) is 1. The number of benzene rings is 1. The highest BCUT2D eigenvalue weighted by atomic mass is 79.9. The zero-order valence-corrected chi connectivity index (χ0v) is 16.7. The standard InChI is InChI=1S/C16H21BrFN3O2S/c1-10-15(11(2)21(20-10)16(3,4)5)24(22,23)19-9-12-8-13(17)6-7-14(12)18/h6-8,19H,9H2,1-5H3. The lowest BCUT2D eigenvalue weighted by molar-refractivity contribution is 0.345. The quantitative estimate of drug-likeness (QED) is 0.825. The molecule has 1 N–H and O–H groups in total. The Morgan fingerprint density at radius 3 is 2.46 bits per heavy atom. The largest absolute Gasteiger partial charge is 0.263 e. The first-order chi connectivity index (χ1) is 10.9. The number of nitrogens with zero attached hydrogens (tertiary/aromatic N) is 2. The molecule has 0 aliphatic carbocycles. The minimum atomic E-state index is -3.80. The van der Waals surface area contributed by atoms with Crippen LogP contribution in [-0.2, 0) is 22.1 Å². The number of halogens is 2. The second-order valence-corrected chi connectivity index (χ2v) is 9.26. The molecule has 1 aromatic heterocycles. The molecule has 5 nitrogen and oxygen atoms in total. The van der Waals surface area contributed by atoms with E-state index >= 15 is 0 Å². The van der Waals surface area contributed by atoms with Crippen molar-refractivity contribution in [2.75, 3.05) is 0 Å². The second-order valence-electron chi connectivity index (χ2n) is 6.64. The van der Waals surface area contributed by atoms with Crippen LogP contribution in [0, 0.1) is 19.7 Å². The third-order valence-corrected chi connectivity index (χ3v) is 5.74. The predicted molar refractivity (Wildman–Crippen MR) is 94.8 cm³/mol. The van der Waals surface area contributed by atoms with Crippen molar-refractivity contribution in [2.45, 2.75) is 51.6 Å². The molecule has 0 aliphatic heterocycles. The van der Waals surface area contributed by atoms with Gasteiger partial charge in [-0.05, 0) is 52.8 Å². The molecule has 0 spiro atoms. The van der Waals surface area contributed by atoms with E-state index < -0.39 is 15.8 Å². The number of sulfonamides is 1. The smallest absolute Gasteiger partial charge is 0.244 e. The molecular formula is C16H21BrFN3O2S. The van der Waals surface area contributed by atoms with Crippen molar-refractivity contribution in [2.24, 2.45) is 0 Å². The lowest BCUT2D eigenvalue weighted by Crippen LogP contribution is -2.27. The van der Waals surface area contributed by atoms with Gasteiger partial charge in [0, 0.05) is 16.6 Å². The SMILES string of the molecule is Cc1nn(C(C)(C)C)c(C)c1S(=O)(=O)NCc1cc(Br)ccc1F. The summed E-state index contributed by atoms with van der Waals surface area (Å²) in [6.45, 7) is 9.10. The van der Waals surface area contributed by atoms with Crippen molar-refractivity contribution in [1.29, 1.82) is 0 Å². The van der Waals surface area contributed by atoms with Crippen LogP contribution in [0.5, 0.6) is 0 Å². The molecule has 2 aromatic rings. The number of nitrogens with one attached hydrogen (secondary N) is 1. The van der Waals surface area contributed by atoms with Gasteiger partial charge in [-0.2, -0.15) is 5.10 Å². The molecule has 24 heavy (non-hydrogen) atoms. The summed E-state index contributed by atoms with van der Waals surface area (Å²) >= 11 is 3.25. The van der Waals surface area contributed by atoms with Crippen molar-refractivity contribution in [3.05, 3.63) is 45.4 Å². The summed E-state index contributed by atoms with van der Waals surface area (Å²) in [5.74, 6) is -0.459. The average Bonchev–Trinajstić information content (AvgIpc) is 2.75. The minimum Gasteiger partial charge on any atom is -0.263 e. The van der Waals surface area contributed by atoms with Crippen molar-refractivity contribution in [3.63, 3.8) is 0 Å². The van der Waals surface area contributed by atoms with Gasteiger partial charge in [0.15, 0.2) is 0 Å². The number of hydrogen-bond acceptors (Lipinski definition) is 3. The van der Waals surface area contributed by atoms with Gasteiger partial charge >= 0.3 is 0 Å². The third kappa shape index (κ3) is 3.87. The Morgan fingerprint density at radius 2 is 1.92 bits per heavy atom. The van der Waals surface area contributed by atoms with E-state index in [0.29, 0.717) is 15.9 Å². The summed E-state index contributed by atoms with van der Waals surface area (Å²) in [6, 6.07) is 4.41. The Balaban J connectivity index is 2.35. The van der Waals surface area contributed by atoms with Crippen LogP contribution in [0.1, 0.15) is 37.7 Å². The van der Waals surface area contributed by atoms with E-state index in [9.17, 15) is 12.8 Å². The summed E-state index contributed by atoms with van der Waals surface area (Å²) < 4.78 is 44.0. The molecule has 0 atom stereocenters. The van der Waals surface area contributed by atoms with Crippen LogP contribution in [-0.4, -0.2) is 18.2 Å². The van der Waals surface area contributed by atoms with E-state index in [2.05, 4.69) is 25.8 Å². The van der Waals surface area contributed by atoms with E-state index in [0.717, 1.165) is 0 Å². The van der Waals surface area contributed by atoms with E-state index in [1.165, 1.54) is 6.07 Å². The van der Waals surface area contributed by atoms with Crippen LogP contribution in [0.2, 0.25) is 0 Å². The van der Waals surface area contributed by atoms with Gasteiger partial charge in [0.25, 0.3) is 0 Å². The molecule has 8 heteroatoms. The van der Waals surface area contributed by atoms with Crippen molar-refractivity contribution >= 4 is 26.0 Å². The fourth-order valence-electron chi connectivity index (χ4n) is 2.59. The topological polar surface area (TPSA) is 64.0 Å². The van der Waals surface area contributed by atoms with Crippen LogP contribution < -0.4 is 4.72 Å². The molecular weight excluding hydrogens is 397 g/mol. The highest BCUT2D eigenvalue weighted by molar-refractivity contribution is 9.10. The molecule has 1 aromatic carbocycles. The Bertz CT molecular complexity index is 870. The zero-order chi connectivity index (χ0) is 18.3. The summed E-state index contributed by atoms with van der Waals surface area (Å²) in [4.78, 5) is 0.146. The Morgan fingerprint density at radius 1 is 1.29 bits per heavy atom. The van der Waals surface area contributed by atoms with E-state index in [-0.39, 0.29) is 22.5 Å². The minimum absolute atomic E-state index is 0.132. The first-order valence-corrected chi connectivity index (χ1v) is 9.71. The van der Waals surface area contributed by atoms with Crippen LogP contribution in [0.4, 0.5) is 4.39 Å². The maximum Gasteiger partial charge on any atom is 0.244 e. The highest BCUT2D eigenvalue weighted by Crippen LogP contribution is 2.25. The van der Waals surface area contributed by atoms with E-state index in [1.54, 1.807) is 30.7 Å². The monoisotopic (exact) mass is 417 g/mol. The van der Waals surface area contributed by atoms with Crippen molar-refractivity contribution in [3.8, 4) is 0 Å². The second kappa shape index (κ2) is 6.57. The summed E-state index contributed by atoms with van der Waals surface area (Å²) in [5.41, 5.74) is 0.914. The molecule has 0 aliphatic rings. The van der Waals surface area contributed by atoms with Gasteiger partial charge < -0.3 is 0 Å². The Hall–Kier alpha value is -1.25. The molecule has 0 radical (unpaired) electrons. The molecule has 0 saturated heterocycles. The zero-order valence-electron chi connectivity index (χ0n) is 14.3. The Kier molecular flexibility index (Phi) is 5.22. The maximum atomic E-state index is 13.8. The molecule has 0 saturated carbocycles. The lowest BCUT2D eigenvalue weighted by atomic mass is 10.1. The summed E-state index contributed by atoms with van der Waals surface area (Å²) in [5, 5.41) is 4.35. The van der Waals surface area contributed by atoms with Crippen molar-refractivity contribution < 1.29 is 12.8 Å². The summed E-state index contributed by atoms with van der Waals surface area (Å²) in [7, 11) is -3.80. The van der Waals surface area contributed by atoms with Gasteiger partial charge in [-0.15, -0.1) is 0 Å². The molecule has 0 fully saturated rings. The number of rotatable bonds is 4.